The summed E-state index contributed by atoms with van der Waals surface area (Å²) in [4.78, 5) is 3.57. The van der Waals surface area contributed by atoms with Crippen molar-refractivity contribution in [3.05, 3.63) is 83.3 Å². The molecule has 1 nitrogen and oxygen atoms in total. The van der Waals surface area contributed by atoms with Crippen molar-refractivity contribution in [2.24, 2.45) is 0 Å². The van der Waals surface area contributed by atoms with E-state index >= 15 is 0 Å². The fourth-order valence-electron chi connectivity index (χ4n) is 4.07. The van der Waals surface area contributed by atoms with Crippen LogP contribution < -0.4 is 0 Å². The number of nitrogens with one attached hydrogen (secondary N) is 1. The largest absolute Gasteiger partial charge is 0.354 e. The second-order valence-corrected chi connectivity index (χ2v) is 8.77. The number of thiophene rings is 1. The first-order chi connectivity index (χ1) is 13.3. The number of aromatic nitrogens is 1. The SMILES string of the molecule is Brc1ccc2sc3cc4[nH]c5ccccc5c4cc3c2c1-c1ccccc1. The molecule has 0 aliphatic carbocycles. The van der Waals surface area contributed by atoms with Gasteiger partial charge < -0.3 is 4.98 Å². The highest BCUT2D eigenvalue weighted by Gasteiger charge is 2.15. The van der Waals surface area contributed by atoms with E-state index in [-0.39, 0.29) is 0 Å². The molecule has 27 heavy (non-hydrogen) atoms. The molecule has 2 aromatic heterocycles. The molecule has 4 aromatic carbocycles. The lowest BCUT2D eigenvalue weighted by molar-refractivity contribution is 1.56. The van der Waals surface area contributed by atoms with Crippen LogP contribution in [0.1, 0.15) is 0 Å². The molecule has 6 aromatic rings. The van der Waals surface area contributed by atoms with Crippen molar-refractivity contribution >= 4 is 69.2 Å². The molecule has 0 spiro atoms. The first kappa shape index (κ1) is 15.4. The fraction of sp³-hybridized carbons (Fsp3) is 0. The number of benzene rings is 4. The van der Waals surface area contributed by atoms with Crippen LogP contribution >= 0.6 is 27.3 Å². The van der Waals surface area contributed by atoms with Gasteiger partial charge in [0.05, 0.1) is 0 Å². The van der Waals surface area contributed by atoms with Gasteiger partial charge in [0.25, 0.3) is 0 Å². The Kier molecular flexibility index (Phi) is 3.25. The molecular weight excluding hydrogens is 414 g/mol. The van der Waals surface area contributed by atoms with Gasteiger partial charge in [0, 0.05) is 52.0 Å². The molecule has 0 fully saturated rings. The zero-order valence-electron chi connectivity index (χ0n) is 14.3. The summed E-state index contributed by atoms with van der Waals surface area (Å²) >= 11 is 5.67. The highest BCUT2D eigenvalue weighted by atomic mass is 79.9. The first-order valence-corrected chi connectivity index (χ1v) is 10.5. The number of fused-ring (bicyclic) bond motifs is 6. The van der Waals surface area contributed by atoms with Crippen LogP contribution in [0.15, 0.2) is 83.3 Å². The van der Waals surface area contributed by atoms with Crippen LogP contribution in [0.4, 0.5) is 0 Å². The van der Waals surface area contributed by atoms with E-state index in [1.807, 2.05) is 11.3 Å². The third-order valence-corrected chi connectivity index (χ3v) is 7.05. The van der Waals surface area contributed by atoms with E-state index in [9.17, 15) is 0 Å². The summed E-state index contributed by atoms with van der Waals surface area (Å²) in [5.41, 5.74) is 4.92. The molecule has 0 atom stereocenters. The number of hydrogen-bond donors (Lipinski definition) is 1. The smallest absolute Gasteiger partial charge is 0.0479 e. The van der Waals surface area contributed by atoms with Crippen LogP contribution in [0, 0.1) is 0 Å². The van der Waals surface area contributed by atoms with Crippen LogP contribution in [0.25, 0.3) is 53.1 Å². The summed E-state index contributed by atoms with van der Waals surface area (Å²) in [6, 6.07) is 28.2. The Morgan fingerprint density at radius 2 is 1.48 bits per heavy atom. The number of halogens is 1. The van der Waals surface area contributed by atoms with Gasteiger partial charge in [0.15, 0.2) is 0 Å². The summed E-state index contributed by atoms with van der Waals surface area (Å²) in [6.07, 6.45) is 0. The standard InChI is InChI=1S/C24H14BrNS/c25-18-10-11-21-24(23(18)14-6-2-1-3-7-14)17-12-16-15-8-4-5-9-19(15)26-20(16)13-22(17)27-21/h1-13,26H. The summed E-state index contributed by atoms with van der Waals surface area (Å²) in [5, 5.41) is 5.23. The fourth-order valence-corrected chi connectivity index (χ4v) is 5.77. The zero-order chi connectivity index (χ0) is 18.0. The second-order valence-electron chi connectivity index (χ2n) is 6.83. The molecule has 0 radical (unpaired) electrons. The highest BCUT2D eigenvalue weighted by Crippen LogP contribution is 2.45. The molecular formula is C24H14BrNS. The normalized spacial score (nSPS) is 11.9. The Balaban J connectivity index is 1.81. The summed E-state index contributed by atoms with van der Waals surface area (Å²) < 4.78 is 3.78. The maximum atomic E-state index is 3.81. The van der Waals surface area contributed by atoms with Crippen LogP contribution in [-0.2, 0) is 0 Å². The van der Waals surface area contributed by atoms with Gasteiger partial charge in [0.1, 0.15) is 0 Å². The maximum absolute atomic E-state index is 3.81. The second kappa shape index (κ2) is 5.69. The predicted octanol–water partition coefficient (Wildman–Crippen LogP) is 8.12. The van der Waals surface area contributed by atoms with E-state index in [1.54, 1.807) is 0 Å². The summed E-state index contributed by atoms with van der Waals surface area (Å²) in [7, 11) is 0. The molecule has 0 aliphatic rings. The van der Waals surface area contributed by atoms with Gasteiger partial charge in [-0.1, -0.05) is 64.5 Å². The van der Waals surface area contributed by atoms with Crippen molar-refractivity contribution in [1.82, 2.24) is 4.98 Å². The van der Waals surface area contributed by atoms with Gasteiger partial charge in [-0.15, -0.1) is 11.3 Å². The molecule has 6 rings (SSSR count). The van der Waals surface area contributed by atoms with Crippen molar-refractivity contribution in [2.45, 2.75) is 0 Å². The van der Waals surface area contributed by atoms with E-state index in [2.05, 4.69) is 99.8 Å². The van der Waals surface area contributed by atoms with Crippen molar-refractivity contribution in [3.63, 3.8) is 0 Å². The Hall–Kier alpha value is -2.62. The van der Waals surface area contributed by atoms with Gasteiger partial charge in [0.2, 0.25) is 0 Å². The van der Waals surface area contributed by atoms with E-state index < -0.39 is 0 Å². The topological polar surface area (TPSA) is 15.8 Å². The third-order valence-electron chi connectivity index (χ3n) is 5.27. The average molecular weight is 428 g/mol. The van der Waals surface area contributed by atoms with Crippen LogP contribution in [0.3, 0.4) is 0 Å². The Labute approximate surface area is 168 Å². The van der Waals surface area contributed by atoms with Gasteiger partial charge >= 0.3 is 0 Å². The minimum absolute atomic E-state index is 1.14. The quantitative estimate of drug-likeness (QED) is 0.272. The lowest BCUT2D eigenvalue weighted by atomic mass is 9.99. The van der Waals surface area contributed by atoms with E-state index in [4.69, 9.17) is 0 Å². The molecule has 128 valence electrons. The molecule has 0 unspecified atom stereocenters. The molecule has 1 N–H and O–H groups in total. The molecule has 3 heteroatoms. The number of aromatic amines is 1. The van der Waals surface area contributed by atoms with Gasteiger partial charge in [-0.05, 0) is 35.9 Å². The van der Waals surface area contributed by atoms with Crippen LogP contribution in [0.2, 0.25) is 0 Å². The third kappa shape index (κ3) is 2.22. The molecule has 0 bridgehead atoms. The molecule has 0 saturated carbocycles. The maximum Gasteiger partial charge on any atom is 0.0479 e. The Morgan fingerprint density at radius 1 is 0.667 bits per heavy atom. The van der Waals surface area contributed by atoms with E-state index in [1.165, 1.54) is 53.1 Å². The number of rotatable bonds is 1. The van der Waals surface area contributed by atoms with Gasteiger partial charge in [-0.25, -0.2) is 0 Å². The van der Waals surface area contributed by atoms with Crippen LogP contribution in [-0.4, -0.2) is 4.98 Å². The van der Waals surface area contributed by atoms with E-state index in [0.717, 1.165) is 4.47 Å². The molecule has 0 aliphatic heterocycles. The minimum atomic E-state index is 1.14. The predicted molar refractivity (Wildman–Crippen MR) is 122 cm³/mol. The molecule has 0 saturated heterocycles. The summed E-state index contributed by atoms with van der Waals surface area (Å²) in [5.74, 6) is 0. The van der Waals surface area contributed by atoms with Crippen LogP contribution in [0.5, 0.6) is 0 Å². The average Bonchev–Trinajstić information content (AvgIpc) is 3.24. The van der Waals surface area contributed by atoms with E-state index in [0.29, 0.717) is 0 Å². The number of para-hydroxylation sites is 1. The van der Waals surface area contributed by atoms with Crippen molar-refractivity contribution in [1.29, 1.82) is 0 Å². The molecule has 0 amide bonds. The van der Waals surface area contributed by atoms with Gasteiger partial charge in [-0.3, -0.25) is 0 Å². The number of hydrogen-bond acceptors (Lipinski definition) is 1. The monoisotopic (exact) mass is 427 g/mol. The van der Waals surface area contributed by atoms with Crippen molar-refractivity contribution < 1.29 is 0 Å². The lowest BCUT2D eigenvalue weighted by Crippen LogP contribution is -1.81. The Bertz CT molecular complexity index is 1470. The lowest BCUT2D eigenvalue weighted by Gasteiger charge is -2.08. The summed E-state index contributed by atoms with van der Waals surface area (Å²) in [6.45, 7) is 0. The Morgan fingerprint density at radius 3 is 2.37 bits per heavy atom. The zero-order valence-corrected chi connectivity index (χ0v) is 16.7. The highest BCUT2D eigenvalue weighted by molar-refractivity contribution is 9.10. The number of H-pyrrole nitrogens is 1. The van der Waals surface area contributed by atoms with Crippen molar-refractivity contribution in [2.75, 3.05) is 0 Å². The minimum Gasteiger partial charge on any atom is -0.354 e. The van der Waals surface area contributed by atoms with Gasteiger partial charge in [-0.2, -0.15) is 0 Å². The first-order valence-electron chi connectivity index (χ1n) is 8.90. The molecule has 2 heterocycles. The van der Waals surface area contributed by atoms with Crippen molar-refractivity contribution in [3.8, 4) is 11.1 Å².